The lowest BCUT2D eigenvalue weighted by Crippen LogP contribution is -2.44. The second kappa shape index (κ2) is 8.04. The Kier molecular flexibility index (Phi) is 6.69. The second-order valence-corrected chi connectivity index (χ2v) is 5.18. The van der Waals surface area contributed by atoms with Gasteiger partial charge >= 0.3 is 5.97 Å². The van der Waals surface area contributed by atoms with Crippen molar-refractivity contribution in [3.8, 4) is 0 Å². The molecular formula is C12H14ClNO4S. The molecule has 0 spiro atoms. The van der Waals surface area contributed by atoms with Crippen molar-refractivity contribution in [2.75, 3.05) is 12.4 Å². The Hall–Kier alpha value is -1.24. The van der Waals surface area contributed by atoms with Gasteiger partial charge in [0.1, 0.15) is 6.04 Å². The standard InChI is InChI=1S/C12H14ClNO4S/c13-9-3-1-8(2-4-9)6-19-7-11(16)14-10(5-15)12(17)18/h1-4,10,15H,5-7H2,(H,14,16)(H,17,18)/t10-/m0/s1. The molecule has 0 radical (unpaired) electrons. The number of hydrogen-bond acceptors (Lipinski definition) is 4. The van der Waals surface area contributed by atoms with Gasteiger partial charge < -0.3 is 15.5 Å². The number of thioether (sulfide) groups is 1. The first-order valence-electron chi connectivity index (χ1n) is 5.48. The first-order chi connectivity index (χ1) is 9.02. The van der Waals surface area contributed by atoms with Crippen molar-refractivity contribution >= 4 is 35.2 Å². The van der Waals surface area contributed by atoms with Crippen LogP contribution in [0.15, 0.2) is 24.3 Å². The Balaban J connectivity index is 2.30. The number of amides is 1. The zero-order chi connectivity index (χ0) is 14.3. The molecule has 1 atom stereocenters. The smallest absolute Gasteiger partial charge is 0.328 e. The van der Waals surface area contributed by atoms with Crippen LogP contribution in [0.4, 0.5) is 0 Å². The highest BCUT2D eigenvalue weighted by Crippen LogP contribution is 2.15. The van der Waals surface area contributed by atoms with E-state index < -0.39 is 24.5 Å². The third-order valence-corrected chi connectivity index (χ3v) is 3.49. The largest absolute Gasteiger partial charge is 0.480 e. The maximum Gasteiger partial charge on any atom is 0.328 e. The third kappa shape index (κ3) is 5.96. The van der Waals surface area contributed by atoms with Gasteiger partial charge in [-0.25, -0.2) is 4.79 Å². The molecule has 19 heavy (non-hydrogen) atoms. The van der Waals surface area contributed by atoms with E-state index in [0.29, 0.717) is 10.8 Å². The summed E-state index contributed by atoms with van der Waals surface area (Å²) in [5.41, 5.74) is 1.03. The first-order valence-corrected chi connectivity index (χ1v) is 7.01. The van der Waals surface area contributed by atoms with Gasteiger partial charge in [0, 0.05) is 10.8 Å². The fourth-order valence-corrected chi connectivity index (χ4v) is 2.19. The first kappa shape index (κ1) is 15.8. The molecule has 0 aliphatic rings. The quantitative estimate of drug-likeness (QED) is 0.703. The van der Waals surface area contributed by atoms with Crippen LogP contribution in [0.5, 0.6) is 0 Å². The van der Waals surface area contributed by atoms with Gasteiger partial charge in [-0.05, 0) is 17.7 Å². The van der Waals surface area contributed by atoms with Crippen molar-refractivity contribution in [2.45, 2.75) is 11.8 Å². The highest BCUT2D eigenvalue weighted by molar-refractivity contribution is 7.99. The van der Waals surface area contributed by atoms with E-state index in [1.165, 1.54) is 11.8 Å². The summed E-state index contributed by atoms with van der Waals surface area (Å²) in [6.45, 7) is -0.622. The van der Waals surface area contributed by atoms with Crippen molar-refractivity contribution in [1.29, 1.82) is 0 Å². The molecule has 104 valence electrons. The lowest BCUT2D eigenvalue weighted by Gasteiger charge is -2.11. The predicted octanol–water partition coefficient (Wildman–Crippen LogP) is 1.13. The molecule has 0 aliphatic carbocycles. The van der Waals surface area contributed by atoms with Gasteiger partial charge in [-0.15, -0.1) is 11.8 Å². The Morgan fingerprint density at radius 3 is 2.47 bits per heavy atom. The lowest BCUT2D eigenvalue weighted by atomic mass is 10.2. The van der Waals surface area contributed by atoms with Crippen LogP contribution in [0.2, 0.25) is 5.02 Å². The Labute approximate surface area is 120 Å². The molecule has 0 aliphatic heterocycles. The van der Waals surface area contributed by atoms with E-state index in [1.807, 2.05) is 12.1 Å². The van der Waals surface area contributed by atoms with E-state index >= 15 is 0 Å². The van der Waals surface area contributed by atoms with Crippen molar-refractivity contribution in [1.82, 2.24) is 5.32 Å². The number of aliphatic hydroxyl groups is 1. The third-order valence-electron chi connectivity index (χ3n) is 2.23. The maximum atomic E-state index is 11.4. The van der Waals surface area contributed by atoms with E-state index in [2.05, 4.69) is 5.32 Å². The van der Waals surface area contributed by atoms with Crippen LogP contribution in [0.3, 0.4) is 0 Å². The van der Waals surface area contributed by atoms with Gasteiger partial charge in [0.2, 0.25) is 5.91 Å². The Morgan fingerprint density at radius 1 is 1.32 bits per heavy atom. The zero-order valence-electron chi connectivity index (χ0n) is 10.0. The SMILES string of the molecule is O=C(CSCc1ccc(Cl)cc1)N[C@@H](CO)C(=O)O. The summed E-state index contributed by atoms with van der Waals surface area (Å²) in [7, 11) is 0. The number of carboxylic acids is 1. The van der Waals surface area contributed by atoms with Crippen molar-refractivity contribution < 1.29 is 19.8 Å². The van der Waals surface area contributed by atoms with E-state index in [9.17, 15) is 9.59 Å². The minimum atomic E-state index is -1.25. The molecule has 0 fully saturated rings. The molecule has 0 saturated carbocycles. The summed E-state index contributed by atoms with van der Waals surface area (Å²) in [5.74, 6) is -0.910. The normalized spacial score (nSPS) is 11.9. The number of rotatable bonds is 7. The molecule has 7 heteroatoms. The molecule has 0 bridgehead atoms. The topological polar surface area (TPSA) is 86.6 Å². The average Bonchev–Trinajstić information content (AvgIpc) is 2.38. The van der Waals surface area contributed by atoms with Crippen LogP contribution in [0.1, 0.15) is 5.56 Å². The Bertz CT molecular complexity index is 438. The average molecular weight is 304 g/mol. The summed E-state index contributed by atoms with van der Waals surface area (Å²) < 4.78 is 0. The molecule has 0 saturated heterocycles. The Morgan fingerprint density at radius 2 is 1.95 bits per heavy atom. The zero-order valence-corrected chi connectivity index (χ0v) is 11.6. The monoisotopic (exact) mass is 303 g/mol. The number of carbonyl (C=O) groups is 2. The van der Waals surface area contributed by atoms with Crippen molar-refractivity contribution in [3.63, 3.8) is 0 Å². The minimum Gasteiger partial charge on any atom is -0.480 e. The van der Waals surface area contributed by atoms with Crippen LogP contribution >= 0.6 is 23.4 Å². The fraction of sp³-hybridized carbons (Fsp3) is 0.333. The predicted molar refractivity (Wildman–Crippen MR) is 74.3 cm³/mol. The summed E-state index contributed by atoms with van der Waals surface area (Å²) >= 11 is 7.10. The number of hydrogen-bond donors (Lipinski definition) is 3. The van der Waals surface area contributed by atoms with E-state index in [4.69, 9.17) is 21.8 Å². The fourth-order valence-electron chi connectivity index (χ4n) is 1.26. The molecule has 1 aromatic carbocycles. The summed E-state index contributed by atoms with van der Waals surface area (Å²) in [6, 6.07) is 6.01. The van der Waals surface area contributed by atoms with Gasteiger partial charge in [0.05, 0.1) is 12.4 Å². The number of carboxylic acid groups (broad SMARTS) is 1. The molecule has 0 aromatic heterocycles. The summed E-state index contributed by atoms with van der Waals surface area (Å²) in [4.78, 5) is 22.0. The molecule has 1 aromatic rings. The molecule has 0 unspecified atom stereocenters. The van der Waals surface area contributed by atoms with E-state index in [1.54, 1.807) is 12.1 Å². The second-order valence-electron chi connectivity index (χ2n) is 3.76. The summed E-state index contributed by atoms with van der Waals surface area (Å²) in [5, 5.41) is 20.3. The molecule has 1 amide bonds. The van der Waals surface area contributed by atoms with Crippen LogP contribution in [-0.4, -0.2) is 40.5 Å². The number of benzene rings is 1. The number of nitrogens with one attached hydrogen (secondary N) is 1. The van der Waals surface area contributed by atoms with Crippen LogP contribution in [0.25, 0.3) is 0 Å². The molecule has 3 N–H and O–H groups in total. The van der Waals surface area contributed by atoms with Gasteiger partial charge in [-0.3, -0.25) is 4.79 Å². The number of aliphatic carboxylic acids is 1. The molecule has 1 rings (SSSR count). The van der Waals surface area contributed by atoms with Crippen LogP contribution in [-0.2, 0) is 15.3 Å². The van der Waals surface area contributed by atoms with Gasteiger partial charge in [0.25, 0.3) is 0 Å². The maximum absolute atomic E-state index is 11.4. The number of carbonyl (C=O) groups excluding carboxylic acids is 1. The molecular weight excluding hydrogens is 290 g/mol. The highest BCUT2D eigenvalue weighted by Gasteiger charge is 2.18. The van der Waals surface area contributed by atoms with Crippen LogP contribution in [0, 0.1) is 0 Å². The number of halogens is 1. The number of aliphatic hydroxyl groups excluding tert-OH is 1. The van der Waals surface area contributed by atoms with E-state index in [0.717, 1.165) is 5.56 Å². The highest BCUT2D eigenvalue weighted by atomic mass is 35.5. The molecule has 5 nitrogen and oxygen atoms in total. The molecule has 0 heterocycles. The van der Waals surface area contributed by atoms with E-state index in [-0.39, 0.29) is 5.75 Å². The van der Waals surface area contributed by atoms with Crippen LogP contribution < -0.4 is 5.32 Å². The van der Waals surface area contributed by atoms with Gasteiger partial charge in [-0.2, -0.15) is 0 Å². The van der Waals surface area contributed by atoms with Gasteiger partial charge in [0.15, 0.2) is 0 Å². The summed E-state index contributed by atoms with van der Waals surface area (Å²) in [6.07, 6.45) is 0. The minimum absolute atomic E-state index is 0.131. The van der Waals surface area contributed by atoms with Gasteiger partial charge in [-0.1, -0.05) is 23.7 Å². The van der Waals surface area contributed by atoms with Crippen molar-refractivity contribution in [3.05, 3.63) is 34.9 Å². The lowest BCUT2D eigenvalue weighted by molar-refractivity contribution is -0.142. The van der Waals surface area contributed by atoms with Crippen molar-refractivity contribution in [2.24, 2.45) is 0 Å².